The third-order valence-electron chi connectivity index (χ3n) is 8.38. The van der Waals surface area contributed by atoms with Gasteiger partial charge in [0.2, 0.25) is 0 Å². The van der Waals surface area contributed by atoms with Crippen molar-refractivity contribution in [2.24, 2.45) is 0 Å². The van der Waals surface area contributed by atoms with E-state index in [0.717, 1.165) is 22.6 Å². The Morgan fingerprint density at radius 1 is 0.333 bits per heavy atom. The largest absolute Gasteiger partial charge is 0.456 e. The van der Waals surface area contributed by atoms with Gasteiger partial charge in [0.05, 0.1) is 0 Å². The molecule has 0 N–H and O–H groups in total. The van der Waals surface area contributed by atoms with Crippen molar-refractivity contribution >= 4 is 53.9 Å². The number of hydrogen-bond acceptors (Lipinski definition) is 1. The second-order valence-electron chi connectivity index (χ2n) is 10.6. The number of benzene rings is 8. The zero-order valence-corrected chi connectivity index (χ0v) is 21.1. The lowest BCUT2D eigenvalue weighted by atomic mass is 9.90. The summed E-state index contributed by atoms with van der Waals surface area (Å²) < 4.78 is 6.63. The number of fused-ring (bicyclic) bond motifs is 8. The third kappa shape index (κ3) is 3.02. The molecule has 0 unspecified atom stereocenters. The topological polar surface area (TPSA) is 9.23 Å². The highest BCUT2D eigenvalue weighted by Crippen LogP contribution is 2.49. The van der Waals surface area contributed by atoms with Gasteiger partial charge in [-0.15, -0.1) is 0 Å². The minimum absolute atomic E-state index is 0.909. The van der Waals surface area contributed by atoms with Crippen LogP contribution in [0.5, 0.6) is 11.5 Å². The summed E-state index contributed by atoms with van der Waals surface area (Å²) in [6.07, 6.45) is 0. The van der Waals surface area contributed by atoms with Crippen LogP contribution >= 0.6 is 0 Å². The van der Waals surface area contributed by atoms with Crippen LogP contribution in [0.25, 0.3) is 76.1 Å². The predicted molar refractivity (Wildman–Crippen MR) is 165 cm³/mol. The molecule has 0 bridgehead atoms. The molecule has 39 heavy (non-hydrogen) atoms. The molecule has 0 aromatic heterocycles. The Labute approximate surface area is 225 Å². The van der Waals surface area contributed by atoms with E-state index in [0.29, 0.717) is 0 Å². The van der Waals surface area contributed by atoms with Gasteiger partial charge < -0.3 is 4.74 Å². The van der Waals surface area contributed by atoms with Crippen molar-refractivity contribution in [3.63, 3.8) is 0 Å². The molecule has 0 spiro atoms. The van der Waals surface area contributed by atoms with Crippen molar-refractivity contribution in [1.82, 2.24) is 0 Å². The van der Waals surface area contributed by atoms with E-state index in [4.69, 9.17) is 4.74 Å². The van der Waals surface area contributed by atoms with Gasteiger partial charge in [0, 0.05) is 10.9 Å². The standard InChI is InChI=1S/C38H22O/c1-2-7-25-19-35-29(18-24(25)6-1)15-13-23-12-14-26(20-34(23)35)27-16-17-31-33-11-5-10-32-30-9-4-3-8-28(30)22-37(38(32)33)39-36(31)21-27/h1-22H. The smallest absolute Gasteiger partial charge is 0.136 e. The van der Waals surface area contributed by atoms with E-state index in [1.165, 1.54) is 65.0 Å². The second-order valence-corrected chi connectivity index (χ2v) is 10.6. The summed E-state index contributed by atoms with van der Waals surface area (Å²) >= 11 is 0. The summed E-state index contributed by atoms with van der Waals surface area (Å²) in [5.74, 6) is 1.84. The Balaban J connectivity index is 1.23. The van der Waals surface area contributed by atoms with Crippen LogP contribution in [-0.4, -0.2) is 0 Å². The van der Waals surface area contributed by atoms with E-state index in [-0.39, 0.29) is 0 Å². The van der Waals surface area contributed by atoms with Crippen molar-refractivity contribution < 1.29 is 4.74 Å². The molecule has 0 amide bonds. The van der Waals surface area contributed by atoms with Gasteiger partial charge in [0.25, 0.3) is 0 Å². The molecule has 180 valence electrons. The maximum Gasteiger partial charge on any atom is 0.136 e. The molecule has 1 aliphatic heterocycles. The van der Waals surface area contributed by atoms with Crippen LogP contribution in [0, 0.1) is 0 Å². The second kappa shape index (κ2) is 7.69. The molecule has 1 nitrogen and oxygen atoms in total. The van der Waals surface area contributed by atoms with Gasteiger partial charge >= 0.3 is 0 Å². The van der Waals surface area contributed by atoms with E-state index in [1.807, 2.05) is 0 Å². The van der Waals surface area contributed by atoms with Crippen LogP contribution in [0.15, 0.2) is 133 Å². The Morgan fingerprint density at radius 3 is 1.92 bits per heavy atom. The molecule has 0 saturated carbocycles. The quantitative estimate of drug-likeness (QED) is 0.163. The minimum Gasteiger partial charge on any atom is -0.456 e. The fourth-order valence-corrected chi connectivity index (χ4v) is 6.48. The summed E-state index contributed by atoms with van der Waals surface area (Å²) in [5, 5.41) is 12.5. The van der Waals surface area contributed by atoms with Gasteiger partial charge in [-0.1, -0.05) is 97.1 Å². The first-order valence-corrected chi connectivity index (χ1v) is 13.4. The summed E-state index contributed by atoms with van der Waals surface area (Å²) in [6, 6.07) is 48.5. The molecule has 9 rings (SSSR count). The van der Waals surface area contributed by atoms with Crippen LogP contribution in [0.2, 0.25) is 0 Å². The fourth-order valence-electron chi connectivity index (χ4n) is 6.48. The van der Waals surface area contributed by atoms with Gasteiger partial charge in [-0.25, -0.2) is 0 Å². The third-order valence-corrected chi connectivity index (χ3v) is 8.38. The molecular formula is C38H22O. The molecule has 1 heterocycles. The summed E-state index contributed by atoms with van der Waals surface area (Å²) in [5.41, 5.74) is 4.73. The number of ether oxygens (including phenoxy) is 1. The Hall–Kier alpha value is -5.14. The molecule has 0 radical (unpaired) electrons. The van der Waals surface area contributed by atoms with Crippen molar-refractivity contribution in [1.29, 1.82) is 0 Å². The van der Waals surface area contributed by atoms with Gasteiger partial charge in [0.15, 0.2) is 0 Å². The lowest BCUT2D eigenvalue weighted by Crippen LogP contribution is -1.98. The summed E-state index contributed by atoms with van der Waals surface area (Å²) in [4.78, 5) is 0. The van der Waals surface area contributed by atoms with Gasteiger partial charge in [-0.05, 0) is 102 Å². The SMILES string of the molecule is c1ccc2cc3c(ccc4ccc(-c5ccc6c(c5)Oc5cc7ccccc7c7cccc-6c57)cc43)cc2c1. The van der Waals surface area contributed by atoms with Gasteiger partial charge in [0.1, 0.15) is 11.5 Å². The average Bonchev–Trinajstić information content (AvgIpc) is 2.99. The minimum atomic E-state index is 0.909. The van der Waals surface area contributed by atoms with Crippen LogP contribution < -0.4 is 4.74 Å². The molecule has 0 saturated heterocycles. The first kappa shape index (κ1) is 20.9. The lowest BCUT2D eigenvalue weighted by molar-refractivity contribution is 0.488. The van der Waals surface area contributed by atoms with Gasteiger partial charge in [-0.3, -0.25) is 0 Å². The highest BCUT2D eigenvalue weighted by molar-refractivity contribution is 6.17. The van der Waals surface area contributed by atoms with Crippen molar-refractivity contribution in [2.45, 2.75) is 0 Å². The van der Waals surface area contributed by atoms with E-state index < -0.39 is 0 Å². The molecule has 1 aliphatic rings. The Bertz CT molecular complexity index is 2310. The molecule has 8 aromatic rings. The van der Waals surface area contributed by atoms with Crippen molar-refractivity contribution in [3.8, 4) is 33.8 Å². The lowest BCUT2D eigenvalue weighted by Gasteiger charge is -2.23. The number of rotatable bonds is 1. The maximum atomic E-state index is 6.63. The molecular weight excluding hydrogens is 472 g/mol. The number of hydrogen-bond donors (Lipinski definition) is 0. The van der Waals surface area contributed by atoms with Crippen LogP contribution in [0.1, 0.15) is 0 Å². The average molecular weight is 495 g/mol. The van der Waals surface area contributed by atoms with Crippen LogP contribution in [0.3, 0.4) is 0 Å². The predicted octanol–water partition coefficient (Wildman–Crippen LogP) is 10.9. The molecule has 0 fully saturated rings. The first-order chi connectivity index (χ1) is 19.3. The van der Waals surface area contributed by atoms with E-state index >= 15 is 0 Å². The van der Waals surface area contributed by atoms with E-state index in [1.54, 1.807) is 0 Å². The highest BCUT2D eigenvalue weighted by atomic mass is 16.5. The van der Waals surface area contributed by atoms with Crippen molar-refractivity contribution in [2.75, 3.05) is 0 Å². The molecule has 8 aromatic carbocycles. The highest BCUT2D eigenvalue weighted by Gasteiger charge is 2.22. The molecule has 0 aliphatic carbocycles. The van der Waals surface area contributed by atoms with E-state index in [9.17, 15) is 0 Å². The van der Waals surface area contributed by atoms with E-state index in [2.05, 4.69) is 133 Å². The Kier molecular flexibility index (Phi) is 4.11. The summed E-state index contributed by atoms with van der Waals surface area (Å²) in [6.45, 7) is 0. The summed E-state index contributed by atoms with van der Waals surface area (Å²) in [7, 11) is 0. The monoisotopic (exact) mass is 494 g/mol. The van der Waals surface area contributed by atoms with Gasteiger partial charge in [-0.2, -0.15) is 0 Å². The molecule has 1 heteroatoms. The van der Waals surface area contributed by atoms with Crippen LogP contribution in [0.4, 0.5) is 0 Å². The zero-order chi connectivity index (χ0) is 25.5. The maximum absolute atomic E-state index is 6.63. The van der Waals surface area contributed by atoms with Crippen LogP contribution in [-0.2, 0) is 0 Å². The zero-order valence-electron chi connectivity index (χ0n) is 21.1. The fraction of sp³-hybridized carbons (Fsp3) is 0. The van der Waals surface area contributed by atoms with Crippen molar-refractivity contribution in [3.05, 3.63) is 133 Å². The first-order valence-electron chi connectivity index (χ1n) is 13.4. The Morgan fingerprint density at radius 2 is 1.00 bits per heavy atom. The normalized spacial score (nSPS) is 12.3. The molecule has 0 atom stereocenters.